The molecular formula is C18H17Cl2NO5S. The van der Waals surface area contributed by atoms with Crippen LogP contribution in [0.2, 0.25) is 10.0 Å². The van der Waals surface area contributed by atoms with Gasteiger partial charge in [-0.15, -0.1) is 0 Å². The van der Waals surface area contributed by atoms with Gasteiger partial charge in [-0.3, -0.25) is 14.2 Å². The fraction of sp³-hybridized carbons (Fsp3) is 0.278. The number of hydroxylamine groups is 1. The van der Waals surface area contributed by atoms with Gasteiger partial charge in [0.1, 0.15) is 16.2 Å². The Morgan fingerprint density at radius 1 is 1.07 bits per heavy atom. The summed E-state index contributed by atoms with van der Waals surface area (Å²) in [5.41, 5.74) is 1.64. The molecule has 0 aliphatic carbocycles. The van der Waals surface area contributed by atoms with Gasteiger partial charge in [-0.2, -0.15) is 0 Å². The molecule has 1 aliphatic heterocycles. The van der Waals surface area contributed by atoms with Crippen LogP contribution in [0.4, 0.5) is 0 Å². The molecular weight excluding hydrogens is 413 g/mol. The van der Waals surface area contributed by atoms with Crippen LogP contribution < -0.4 is 10.2 Å². The van der Waals surface area contributed by atoms with Crippen LogP contribution in [-0.4, -0.2) is 33.3 Å². The second kappa shape index (κ2) is 8.58. The van der Waals surface area contributed by atoms with Crippen molar-refractivity contribution in [3.05, 3.63) is 52.5 Å². The van der Waals surface area contributed by atoms with E-state index in [-0.39, 0.29) is 12.8 Å². The number of halogens is 2. The Labute approximate surface area is 168 Å². The summed E-state index contributed by atoms with van der Waals surface area (Å²) in [6.45, 7) is 0.607. The molecule has 2 aromatic carbocycles. The predicted octanol–water partition coefficient (Wildman–Crippen LogP) is 3.95. The molecule has 0 saturated carbocycles. The maximum absolute atomic E-state index is 13.1. The molecule has 9 heteroatoms. The van der Waals surface area contributed by atoms with E-state index >= 15 is 0 Å². The molecule has 1 fully saturated rings. The number of hydrogen-bond donors (Lipinski definition) is 2. The average molecular weight is 430 g/mol. The number of ether oxygens (including phenoxy) is 2. The van der Waals surface area contributed by atoms with Crippen molar-refractivity contribution in [2.45, 2.75) is 22.5 Å². The average Bonchev–Trinajstić information content (AvgIpc) is 2.70. The van der Waals surface area contributed by atoms with Crippen LogP contribution in [-0.2, 0) is 20.3 Å². The van der Waals surface area contributed by atoms with Crippen molar-refractivity contribution in [1.29, 1.82) is 0 Å². The zero-order chi connectivity index (χ0) is 19.4. The molecule has 0 bridgehead atoms. The van der Waals surface area contributed by atoms with Crippen LogP contribution in [0.1, 0.15) is 12.8 Å². The van der Waals surface area contributed by atoms with Crippen molar-refractivity contribution in [1.82, 2.24) is 5.48 Å². The van der Waals surface area contributed by atoms with Crippen molar-refractivity contribution in [2.75, 3.05) is 13.2 Å². The highest BCUT2D eigenvalue weighted by Crippen LogP contribution is 2.34. The van der Waals surface area contributed by atoms with Crippen molar-refractivity contribution in [2.24, 2.45) is 0 Å². The van der Waals surface area contributed by atoms with E-state index in [0.29, 0.717) is 39.7 Å². The molecule has 0 spiro atoms. The molecule has 0 radical (unpaired) electrons. The van der Waals surface area contributed by atoms with Crippen molar-refractivity contribution >= 4 is 39.9 Å². The number of carbonyl (C=O) groups is 1. The molecule has 3 rings (SSSR count). The van der Waals surface area contributed by atoms with E-state index in [1.807, 2.05) is 0 Å². The van der Waals surface area contributed by atoms with E-state index in [9.17, 15) is 9.00 Å². The lowest BCUT2D eigenvalue weighted by Crippen LogP contribution is -2.52. The van der Waals surface area contributed by atoms with Crippen LogP contribution in [0.5, 0.6) is 11.5 Å². The van der Waals surface area contributed by atoms with Gasteiger partial charge in [-0.25, -0.2) is 5.48 Å². The molecule has 0 aromatic heterocycles. The lowest BCUT2D eigenvalue weighted by molar-refractivity contribution is -0.134. The molecule has 1 aliphatic rings. The van der Waals surface area contributed by atoms with Crippen molar-refractivity contribution < 1.29 is 23.7 Å². The second-order valence-corrected chi connectivity index (χ2v) is 8.57. The maximum Gasteiger partial charge on any atom is 0.262 e. The molecule has 1 saturated heterocycles. The Morgan fingerprint density at radius 3 is 2.30 bits per heavy atom. The predicted molar refractivity (Wildman–Crippen MR) is 102 cm³/mol. The first-order valence-electron chi connectivity index (χ1n) is 8.13. The van der Waals surface area contributed by atoms with Gasteiger partial charge < -0.3 is 9.47 Å². The Balaban J connectivity index is 1.80. The first-order valence-corrected chi connectivity index (χ1v) is 10.0. The molecule has 2 N–H and O–H groups in total. The molecule has 2 aromatic rings. The number of rotatable bonds is 5. The van der Waals surface area contributed by atoms with Gasteiger partial charge in [0.05, 0.1) is 20.8 Å². The number of amides is 1. The van der Waals surface area contributed by atoms with Crippen molar-refractivity contribution in [3.63, 3.8) is 0 Å². The van der Waals surface area contributed by atoms with Gasteiger partial charge in [-0.1, -0.05) is 23.2 Å². The largest absolute Gasteiger partial charge is 0.457 e. The summed E-state index contributed by atoms with van der Waals surface area (Å²) in [4.78, 5) is 12.7. The molecule has 1 atom stereocenters. The number of hydrogen-bond acceptors (Lipinski definition) is 5. The monoisotopic (exact) mass is 429 g/mol. The summed E-state index contributed by atoms with van der Waals surface area (Å²) in [5.74, 6) is 0.362. The Morgan fingerprint density at radius 2 is 1.70 bits per heavy atom. The summed E-state index contributed by atoms with van der Waals surface area (Å²) in [6, 6.07) is 11.5. The van der Waals surface area contributed by atoms with Crippen LogP contribution in [0.15, 0.2) is 47.4 Å². The molecule has 1 amide bonds. The highest BCUT2D eigenvalue weighted by Gasteiger charge is 2.46. The van der Waals surface area contributed by atoms with E-state index in [2.05, 4.69) is 0 Å². The SMILES string of the molecule is O=C(NO)C1(S(=O)c2ccc(Oc3ccc(Cl)c(Cl)c3)cc2)CCOCC1. The molecule has 1 unspecified atom stereocenters. The standard InChI is InChI=1S/C18H17Cl2NO5S/c19-15-6-3-13(11-16(15)20)26-12-1-4-14(5-2-12)27(24)18(17(22)21-23)7-9-25-10-8-18/h1-6,11,23H,7-10H2,(H,21,22). The lowest BCUT2D eigenvalue weighted by atomic mass is 9.98. The van der Waals surface area contributed by atoms with Gasteiger partial charge in [0.2, 0.25) is 0 Å². The summed E-state index contributed by atoms with van der Waals surface area (Å²) in [7, 11) is -1.67. The van der Waals surface area contributed by atoms with Crippen LogP contribution in [0.25, 0.3) is 0 Å². The van der Waals surface area contributed by atoms with Crippen LogP contribution >= 0.6 is 23.2 Å². The zero-order valence-electron chi connectivity index (χ0n) is 14.1. The van der Waals surface area contributed by atoms with Gasteiger partial charge in [0.15, 0.2) is 0 Å². The number of nitrogens with one attached hydrogen (secondary N) is 1. The fourth-order valence-electron chi connectivity index (χ4n) is 2.83. The van der Waals surface area contributed by atoms with E-state index in [4.69, 9.17) is 37.9 Å². The van der Waals surface area contributed by atoms with E-state index in [1.54, 1.807) is 47.9 Å². The maximum atomic E-state index is 13.1. The Kier molecular flexibility index (Phi) is 6.39. The van der Waals surface area contributed by atoms with Crippen molar-refractivity contribution in [3.8, 4) is 11.5 Å². The van der Waals surface area contributed by atoms with E-state index in [0.717, 1.165) is 0 Å². The van der Waals surface area contributed by atoms with Gasteiger partial charge in [-0.05, 0) is 49.2 Å². The zero-order valence-corrected chi connectivity index (χ0v) is 16.4. The summed E-state index contributed by atoms with van der Waals surface area (Å²) < 4.78 is 22.8. The second-order valence-electron chi connectivity index (χ2n) is 5.97. The Bertz CT molecular complexity index is 853. The summed E-state index contributed by atoms with van der Waals surface area (Å²) >= 11 is 11.9. The smallest absolute Gasteiger partial charge is 0.262 e. The van der Waals surface area contributed by atoms with Gasteiger partial charge in [0.25, 0.3) is 5.91 Å². The van der Waals surface area contributed by atoms with E-state index in [1.165, 1.54) is 0 Å². The minimum Gasteiger partial charge on any atom is -0.457 e. The highest BCUT2D eigenvalue weighted by molar-refractivity contribution is 7.87. The summed E-state index contributed by atoms with van der Waals surface area (Å²) in [5, 5.41) is 9.89. The molecule has 1 heterocycles. The third-order valence-corrected chi connectivity index (χ3v) is 7.08. The lowest BCUT2D eigenvalue weighted by Gasteiger charge is -2.33. The fourth-order valence-corrected chi connectivity index (χ4v) is 4.71. The van der Waals surface area contributed by atoms with Crippen LogP contribution in [0, 0.1) is 0 Å². The third-order valence-electron chi connectivity index (χ3n) is 4.34. The minimum absolute atomic E-state index is 0.257. The minimum atomic E-state index is -1.67. The first kappa shape index (κ1) is 20.1. The Hall–Kier alpha value is -1.64. The number of carbonyl (C=O) groups excluding carboxylic acids is 1. The normalized spacial score (nSPS) is 17.1. The van der Waals surface area contributed by atoms with Crippen LogP contribution in [0.3, 0.4) is 0 Å². The number of benzene rings is 2. The molecule has 27 heavy (non-hydrogen) atoms. The molecule has 144 valence electrons. The van der Waals surface area contributed by atoms with Gasteiger partial charge >= 0.3 is 0 Å². The van der Waals surface area contributed by atoms with E-state index < -0.39 is 21.5 Å². The third kappa shape index (κ3) is 4.28. The topological polar surface area (TPSA) is 84.9 Å². The summed E-state index contributed by atoms with van der Waals surface area (Å²) in [6.07, 6.45) is 0.515. The molecule has 6 nitrogen and oxygen atoms in total. The highest BCUT2D eigenvalue weighted by atomic mass is 35.5. The first-order chi connectivity index (χ1) is 13.0. The quantitative estimate of drug-likeness (QED) is 0.555. The van der Waals surface area contributed by atoms with Gasteiger partial charge in [0, 0.05) is 24.2 Å².